The second-order valence-corrected chi connectivity index (χ2v) is 4.85. The average Bonchev–Trinajstić information content (AvgIpc) is 2.88. The highest BCUT2D eigenvalue weighted by molar-refractivity contribution is 6.31. The number of hydroxylamine groups is 1. The Morgan fingerprint density at radius 2 is 2.05 bits per heavy atom. The van der Waals surface area contributed by atoms with Gasteiger partial charge in [0.25, 0.3) is 11.6 Å². The van der Waals surface area contributed by atoms with Crippen molar-refractivity contribution in [3.05, 3.63) is 38.9 Å². The summed E-state index contributed by atoms with van der Waals surface area (Å²) in [5.41, 5.74) is 2.20. The molecule has 0 unspecified atom stereocenters. The fourth-order valence-electron chi connectivity index (χ4n) is 2.01. The van der Waals surface area contributed by atoms with Gasteiger partial charge in [0.05, 0.1) is 11.0 Å². The van der Waals surface area contributed by atoms with Gasteiger partial charge in [-0.05, 0) is 18.9 Å². The minimum atomic E-state index is -0.597. The van der Waals surface area contributed by atoms with Crippen molar-refractivity contribution in [3.63, 3.8) is 0 Å². The molecule has 2 rings (SSSR count). The number of nitro groups is 1. The standard InChI is InChI=1S/C12H13ClN2O4/c13-9-5-8(6-10(7-9)15(17)18)12(16)14-19-11-3-1-2-4-11/h5-7,11H,1-4H2,(H,14,16). The highest BCUT2D eigenvalue weighted by Crippen LogP contribution is 2.22. The lowest BCUT2D eigenvalue weighted by Crippen LogP contribution is -2.28. The van der Waals surface area contributed by atoms with Crippen molar-refractivity contribution in [1.29, 1.82) is 0 Å². The lowest BCUT2D eigenvalue weighted by atomic mass is 10.2. The molecule has 0 radical (unpaired) electrons. The summed E-state index contributed by atoms with van der Waals surface area (Å²) >= 11 is 5.74. The lowest BCUT2D eigenvalue weighted by Gasteiger charge is -2.11. The van der Waals surface area contributed by atoms with Crippen molar-refractivity contribution >= 4 is 23.2 Å². The normalized spacial score (nSPS) is 15.4. The fraction of sp³-hybridized carbons (Fsp3) is 0.417. The van der Waals surface area contributed by atoms with Crippen LogP contribution in [0.25, 0.3) is 0 Å². The summed E-state index contributed by atoms with van der Waals surface area (Å²) in [6.45, 7) is 0. The van der Waals surface area contributed by atoms with Crippen LogP contribution in [0.2, 0.25) is 5.02 Å². The van der Waals surface area contributed by atoms with E-state index in [9.17, 15) is 14.9 Å². The van der Waals surface area contributed by atoms with Crippen LogP contribution in [0.4, 0.5) is 5.69 Å². The van der Waals surface area contributed by atoms with Crippen molar-refractivity contribution in [2.75, 3.05) is 0 Å². The monoisotopic (exact) mass is 284 g/mol. The molecule has 0 spiro atoms. The van der Waals surface area contributed by atoms with Crippen LogP contribution in [0.5, 0.6) is 0 Å². The summed E-state index contributed by atoms with van der Waals surface area (Å²) < 4.78 is 0. The maximum atomic E-state index is 11.8. The van der Waals surface area contributed by atoms with Gasteiger partial charge in [-0.25, -0.2) is 5.48 Å². The van der Waals surface area contributed by atoms with Crippen LogP contribution in [0.3, 0.4) is 0 Å². The zero-order valence-corrected chi connectivity index (χ0v) is 10.9. The van der Waals surface area contributed by atoms with E-state index in [4.69, 9.17) is 16.4 Å². The van der Waals surface area contributed by atoms with Crippen LogP contribution in [0.15, 0.2) is 18.2 Å². The average molecular weight is 285 g/mol. The molecule has 1 aromatic rings. The number of halogens is 1. The van der Waals surface area contributed by atoms with Gasteiger partial charge in [-0.1, -0.05) is 24.4 Å². The molecule has 1 amide bonds. The Kier molecular flexibility index (Phi) is 4.34. The predicted octanol–water partition coefficient (Wildman–Crippen LogP) is 2.85. The summed E-state index contributed by atoms with van der Waals surface area (Å²) in [5.74, 6) is -0.530. The number of amides is 1. The number of hydrogen-bond acceptors (Lipinski definition) is 4. The fourth-order valence-corrected chi connectivity index (χ4v) is 2.24. The molecule has 7 heteroatoms. The van der Waals surface area contributed by atoms with Crippen molar-refractivity contribution < 1.29 is 14.6 Å². The zero-order valence-electron chi connectivity index (χ0n) is 10.1. The molecule has 1 aliphatic carbocycles. The summed E-state index contributed by atoms with van der Waals surface area (Å²) in [5, 5.41) is 10.8. The number of nitro benzene ring substituents is 1. The molecule has 1 N–H and O–H groups in total. The van der Waals surface area contributed by atoms with Crippen LogP contribution in [-0.4, -0.2) is 16.9 Å². The molecular weight excluding hydrogens is 272 g/mol. The minimum absolute atomic E-state index is 0.0260. The molecule has 1 saturated carbocycles. The summed E-state index contributed by atoms with van der Waals surface area (Å²) in [6, 6.07) is 3.72. The molecule has 0 aliphatic heterocycles. The highest BCUT2D eigenvalue weighted by Gasteiger charge is 2.18. The lowest BCUT2D eigenvalue weighted by molar-refractivity contribution is -0.384. The Morgan fingerprint density at radius 3 is 2.68 bits per heavy atom. The third-order valence-corrected chi connectivity index (χ3v) is 3.19. The Labute approximate surface area is 114 Å². The Bertz CT molecular complexity index is 501. The van der Waals surface area contributed by atoms with E-state index in [1.165, 1.54) is 18.2 Å². The minimum Gasteiger partial charge on any atom is -0.270 e. The first-order chi connectivity index (χ1) is 9.06. The molecule has 0 atom stereocenters. The van der Waals surface area contributed by atoms with E-state index in [0.717, 1.165) is 25.7 Å². The maximum absolute atomic E-state index is 11.8. The smallest absolute Gasteiger partial charge is 0.270 e. The Morgan fingerprint density at radius 1 is 1.37 bits per heavy atom. The Hall–Kier alpha value is -1.66. The maximum Gasteiger partial charge on any atom is 0.275 e. The van der Waals surface area contributed by atoms with Gasteiger partial charge in [0.1, 0.15) is 0 Å². The van der Waals surface area contributed by atoms with Gasteiger partial charge < -0.3 is 0 Å². The SMILES string of the molecule is O=C(NOC1CCCC1)c1cc(Cl)cc([N+](=O)[O-])c1. The molecule has 0 saturated heterocycles. The molecule has 0 bridgehead atoms. The number of carbonyl (C=O) groups is 1. The predicted molar refractivity (Wildman–Crippen MR) is 68.9 cm³/mol. The van der Waals surface area contributed by atoms with Crippen LogP contribution in [0, 0.1) is 10.1 Å². The van der Waals surface area contributed by atoms with Crippen molar-refractivity contribution in [1.82, 2.24) is 5.48 Å². The first-order valence-electron chi connectivity index (χ1n) is 5.97. The second-order valence-electron chi connectivity index (χ2n) is 4.41. The van der Waals surface area contributed by atoms with E-state index in [-0.39, 0.29) is 22.4 Å². The van der Waals surface area contributed by atoms with Gasteiger partial charge in [0.2, 0.25) is 0 Å². The number of non-ortho nitro benzene ring substituents is 1. The van der Waals surface area contributed by atoms with Gasteiger partial charge >= 0.3 is 0 Å². The summed E-state index contributed by atoms with van der Waals surface area (Å²) in [6.07, 6.45) is 4.02. The largest absolute Gasteiger partial charge is 0.275 e. The van der Waals surface area contributed by atoms with Crippen molar-refractivity contribution in [3.8, 4) is 0 Å². The molecular formula is C12H13ClN2O4. The van der Waals surface area contributed by atoms with Crippen LogP contribution in [0.1, 0.15) is 36.0 Å². The Balaban J connectivity index is 2.03. The van der Waals surface area contributed by atoms with Crippen LogP contribution < -0.4 is 5.48 Å². The molecule has 0 aromatic heterocycles. The molecule has 102 valence electrons. The van der Waals surface area contributed by atoms with Gasteiger partial charge in [0.15, 0.2) is 0 Å². The van der Waals surface area contributed by atoms with E-state index in [2.05, 4.69) is 5.48 Å². The topological polar surface area (TPSA) is 81.5 Å². The third-order valence-electron chi connectivity index (χ3n) is 2.98. The number of hydrogen-bond donors (Lipinski definition) is 1. The summed E-state index contributed by atoms with van der Waals surface area (Å²) in [7, 11) is 0. The number of nitrogens with zero attached hydrogens (tertiary/aromatic N) is 1. The van der Waals surface area contributed by atoms with Gasteiger partial charge in [-0.15, -0.1) is 0 Å². The molecule has 1 aliphatic rings. The quantitative estimate of drug-likeness (QED) is 0.681. The first-order valence-corrected chi connectivity index (χ1v) is 6.35. The zero-order chi connectivity index (χ0) is 13.8. The third kappa shape index (κ3) is 3.65. The molecule has 6 nitrogen and oxygen atoms in total. The number of carbonyl (C=O) groups excluding carboxylic acids is 1. The van der Waals surface area contributed by atoms with E-state index in [1.54, 1.807) is 0 Å². The molecule has 19 heavy (non-hydrogen) atoms. The first kappa shape index (κ1) is 13.8. The number of nitrogens with one attached hydrogen (secondary N) is 1. The van der Waals surface area contributed by atoms with E-state index in [0.29, 0.717) is 0 Å². The number of rotatable bonds is 4. The molecule has 0 heterocycles. The van der Waals surface area contributed by atoms with Gasteiger partial charge in [-0.3, -0.25) is 19.7 Å². The molecule has 1 fully saturated rings. The number of benzene rings is 1. The summed E-state index contributed by atoms with van der Waals surface area (Å²) in [4.78, 5) is 27.1. The van der Waals surface area contributed by atoms with Crippen molar-refractivity contribution in [2.45, 2.75) is 31.8 Å². The van der Waals surface area contributed by atoms with Gasteiger partial charge in [0, 0.05) is 22.7 Å². The van der Waals surface area contributed by atoms with E-state index in [1.807, 2.05) is 0 Å². The van der Waals surface area contributed by atoms with Crippen LogP contribution >= 0.6 is 11.6 Å². The second kappa shape index (κ2) is 5.99. The molecule has 1 aromatic carbocycles. The van der Waals surface area contributed by atoms with E-state index < -0.39 is 10.8 Å². The highest BCUT2D eigenvalue weighted by atomic mass is 35.5. The van der Waals surface area contributed by atoms with Crippen molar-refractivity contribution in [2.24, 2.45) is 0 Å². The van der Waals surface area contributed by atoms with E-state index >= 15 is 0 Å². The van der Waals surface area contributed by atoms with Crippen LogP contribution in [-0.2, 0) is 4.84 Å². The van der Waals surface area contributed by atoms with Gasteiger partial charge in [-0.2, -0.15) is 0 Å².